The lowest BCUT2D eigenvalue weighted by atomic mass is 9.66. The van der Waals surface area contributed by atoms with E-state index in [9.17, 15) is 0 Å². The van der Waals surface area contributed by atoms with Crippen molar-refractivity contribution in [3.05, 3.63) is 330 Å². The quantitative estimate of drug-likeness (QED) is 0.166. The van der Waals surface area contributed by atoms with E-state index in [1.807, 2.05) is 0 Å². The molecule has 3 heteroatoms. The highest BCUT2D eigenvalue weighted by Crippen LogP contribution is 2.64. The van der Waals surface area contributed by atoms with Crippen LogP contribution in [0.4, 0.5) is 17.1 Å². The molecule has 12 aromatic rings. The summed E-state index contributed by atoms with van der Waals surface area (Å²) in [6.07, 6.45) is 0. The van der Waals surface area contributed by atoms with Crippen molar-refractivity contribution in [1.29, 1.82) is 0 Å². The van der Waals surface area contributed by atoms with Crippen LogP contribution in [0.5, 0.6) is 23.0 Å². The molecule has 2 aliphatic heterocycles. The maximum atomic E-state index is 6.64. The summed E-state index contributed by atoms with van der Waals surface area (Å²) < 4.78 is 13.3. The van der Waals surface area contributed by atoms with E-state index in [2.05, 4.69) is 290 Å². The highest BCUT2D eigenvalue weighted by Gasteiger charge is 2.52. The van der Waals surface area contributed by atoms with Crippen LogP contribution in [0.25, 0.3) is 55.6 Å². The van der Waals surface area contributed by atoms with Gasteiger partial charge < -0.3 is 14.4 Å². The summed E-state index contributed by atoms with van der Waals surface area (Å²) >= 11 is 0. The van der Waals surface area contributed by atoms with E-state index in [0.29, 0.717) is 0 Å². The maximum absolute atomic E-state index is 6.64. The smallest absolute Gasteiger partial charge is 0.132 e. The molecule has 2 spiro atoms. The van der Waals surface area contributed by atoms with Gasteiger partial charge in [-0.2, -0.15) is 0 Å². The molecule has 12 aromatic carbocycles. The van der Waals surface area contributed by atoms with Gasteiger partial charge in [0.05, 0.1) is 10.8 Å². The Hall–Kier alpha value is -9.96. The number of rotatable bonds is 6. The number of anilines is 3. The Morgan fingerprint density at radius 3 is 0.857 bits per heavy atom. The SMILES string of the molecule is c1ccc(-c2ccc(N(c3ccc(-c4ccc5c(c4)C4(c6ccccc6Oc6ccccc64)c4ccccc4-5)cc3)c3ccc(-c4ccc5c(c4)C4(c6ccccc6Oc6ccccc64)c4ccccc4-5)cc3)cc2)cc1. The van der Waals surface area contributed by atoms with Crippen molar-refractivity contribution in [1.82, 2.24) is 0 Å². The first-order chi connectivity index (χ1) is 38.2. The Balaban J connectivity index is 0.798. The van der Waals surface area contributed by atoms with Gasteiger partial charge in [-0.15, -0.1) is 0 Å². The molecule has 2 aliphatic carbocycles. The number of benzene rings is 12. The van der Waals surface area contributed by atoms with Gasteiger partial charge >= 0.3 is 0 Å². The first-order valence-electron chi connectivity index (χ1n) is 26.6. The molecule has 0 aromatic heterocycles. The second-order valence-corrected chi connectivity index (χ2v) is 20.6. The normalized spacial score (nSPS) is 13.9. The van der Waals surface area contributed by atoms with Crippen molar-refractivity contribution in [2.75, 3.05) is 4.90 Å². The van der Waals surface area contributed by atoms with E-state index in [0.717, 1.165) is 51.2 Å². The summed E-state index contributed by atoms with van der Waals surface area (Å²) in [5.41, 5.74) is 24.0. The van der Waals surface area contributed by atoms with Crippen LogP contribution >= 0.6 is 0 Å². The minimum atomic E-state index is -0.532. The highest BCUT2D eigenvalue weighted by molar-refractivity contribution is 5.93. The molecule has 0 fully saturated rings. The number of hydrogen-bond acceptors (Lipinski definition) is 3. The fraction of sp³-hybridized carbons (Fsp3) is 0.0270. The minimum absolute atomic E-state index is 0.532. The molecule has 16 rings (SSSR count). The molecule has 4 aliphatic rings. The van der Waals surface area contributed by atoms with E-state index >= 15 is 0 Å². The Morgan fingerprint density at radius 2 is 0.481 bits per heavy atom. The summed E-state index contributed by atoms with van der Waals surface area (Å²) in [7, 11) is 0. The fourth-order valence-corrected chi connectivity index (χ4v) is 13.6. The van der Waals surface area contributed by atoms with Gasteiger partial charge in [0.2, 0.25) is 0 Å². The number of fused-ring (bicyclic) bond motifs is 18. The standard InChI is InChI=1S/C74H47NO2/c1-2-16-48(17-3-1)49-30-38-54(39-31-49)75(55-40-32-50(33-41-55)52-36-44-59-57-18-4-6-20-61(57)73(67(59)46-52)63-22-8-12-26-69(63)76-70-27-13-9-23-64(70)73)56-42-34-51(35-43-56)53-37-45-60-58-19-5-7-21-62(58)74(68(60)47-53)65-24-10-14-28-71(65)77-72-29-15-11-25-66(72)74/h1-47H. The Labute approximate surface area is 448 Å². The van der Waals surface area contributed by atoms with Crippen molar-refractivity contribution in [3.8, 4) is 78.6 Å². The van der Waals surface area contributed by atoms with Crippen LogP contribution in [0.1, 0.15) is 44.5 Å². The van der Waals surface area contributed by atoms with E-state index in [1.165, 1.54) is 89.0 Å². The van der Waals surface area contributed by atoms with Gasteiger partial charge in [0.15, 0.2) is 0 Å². The monoisotopic (exact) mass is 981 g/mol. The fourth-order valence-electron chi connectivity index (χ4n) is 13.6. The molecule has 3 nitrogen and oxygen atoms in total. The molecule has 77 heavy (non-hydrogen) atoms. The number of hydrogen-bond donors (Lipinski definition) is 0. The average molecular weight is 982 g/mol. The summed E-state index contributed by atoms with van der Waals surface area (Å²) in [6, 6.07) is 104. The molecule has 2 heterocycles. The van der Waals surface area contributed by atoms with Crippen molar-refractivity contribution in [2.45, 2.75) is 10.8 Å². The Morgan fingerprint density at radius 1 is 0.208 bits per heavy atom. The summed E-state index contributed by atoms with van der Waals surface area (Å²) in [4.78, 5) is 2.37. The average Bonchev–Trinajstić information content (AvgIpc) is 3.98. The van der Waals surface area contributed by atoms with Crippen LogP contribution in [-0.4, -0.2) is 0 Å². The Bertz CT molecular complexity index is 4000. The molecule has 0 saturated heterocycles. The minimum Gasteiger partial charge on any atom is -0.457 e. The van der Waals surface area contributed by atoms with Crippen LogP contribution in [0.3, 0.4) is 0 Å². The second kappa shape index (κ2) is 16.8. The molecule has 360 valence electrons. The number of ether oxygens (including phenoxy) is 2. The topological polar surface area (TPSA) is 21.7 Å². The van der Waals surface area contributed by atoms with Gasteiger partial charge in [0, 0.05) is 39.3 Å². The van der Waals surface area contributed by atoms with Crippen LogP contribution < -0.4 is 14.4 Å². The molecular formula is C74H47NO2. The highest BCUT2D eigenvalue weighted by atomic mass is 16.5. The molecular weight excluding hydrogens is 935 g/mol. The summed E-state index contributed by atoms with van der Waals surface area (Å²) in [5.74, 6) is 3.58. The zero-order valence-electron chi connectivity index (χ0n) is 41.9. The molecule has 0 radical (unpaired) electrons. The third-order valence-electron chi connectivity index (χ3n) is 16.8. The van der Waals surface area contributed by atoms with Gasteiger partial charge in [-0.25, -0.2) is 0 Å². The molecule has 0 atom stereocenters. The zero-order chi connectivity index (χ0) is 50.7. The molecule has 0 saturated carbocycles. The van der Waals surface area contributed by atoms with Gasteiger partial charge in [0.25, 0.3) is 0 Å². The van der Waals surface area contributed by atoms with E-state index in [-0.39, 0.29) is 0 Å². The third-order valence-corrected chi connectivity index (χ3v) is 16.8. The second-order valence-electron chi connectivity index (χ2n) is 20.6. The first-order valence-corrected chi connectivity index (χ1v) is 26.6. The van der Waals surface area contributed by atoms with Crippen molar-refractivity contribution in [2.24, 2.45) is 0 Å². The summed E-state index contributed by atoms with van der Waals surface area (Å²) in [6.45, 7) is 0. The molecule has 0 N–H and O–H groups in total. The van der Waals surface area contributed by atoms with Crippen molar-refractivity contribution < 1.29 is 9.47 Å². The first kappa shape index (κ1) is 43.4. The van der Waals surface area contributed by atoms with Gasteiger partial charge in [-0.3, -0.25) is 0 Å². The number of nitrogens with zero attached hydrogens (tertiary/aromatic N) is 1. The lowest BCUT2D eigenvalue weighted by molar-refractivity contribution is 0.436. The lowest BCUT2D eigenvalue weighted by Gasteiger charge is -2.39. The Kier molecular flexibility index (Phi) is 9.47. The van der Waals surface area contributed by atoms with E-state index < -0.39 is 10.8 Å². The predicted molar refractivity (Wildman–Crippen MR) is 312 cm³/mol. The van der Waals surface area contributed by atoms with Gasteiger partial charge in [-0.05, 0) is 151 Å². The van der Waals surface area contributed by atoms with Crippen molar-refractivity contribution in [3.63, 3.8) is 0 Å². The predicted octanol–water partition coefficient (Wildman–Crippen LogP) is 19.1. The van der Waals surface area contributed by atoms with Crippen LogP contribution in [0.15, 0.2) is 285 Å². The number of para-hydroxylation sites is 4. The van der Waals surface area contributed by atoms with Crippen LogP contribution in [0.2, 0.25) is 0 Å². The third kappa shape index (κ3) is 6.26. The largest absolute Gasteiger partial charge is 0.457 e. The van der Waals surface area contributed by atoms with Crippen LogP contribution in [0, 0.1) is 0 Å². The van der Waals surface area contributed by atoms with Crippen LogP contribution in [-0.2, 0) is 10.8 Å². The summed E-state index contributed by atoms with van der Waals surface area (Å²) in [5, 5.41) is 0. The lowest BCUT2D eigenvalue weighted by Crippen LogP contribution is -2.32. The van der Waals surface area contributed by atoms with E-state index in [4.69, 9.17) is 9.47 Å². The molecule has 0 bridgehead atoms. The van der Waals surface area contributed by atoms with Gasteiger partial charge in [-0.1, -0.05) is 212 Å². The zero-order valence-corrected chi connectivity index (χ0v) is 41.9. The van der Waals surface area contributed by atoms with E-state index in [1.54, 1.807) is 0 Å². The maximum Gasteiger partial charge on any atom is 0.132 e. The van der Waals surface area contributed by atoms with Crippen molar-refractivity contribution >= 4 is 17.1 Å². The molecule has 0 amide bonds. The molecule has 0 unspecified atom stereocenters. The van der Waals surface area contributed by atoms with Gasteiger partial charge in [0.1, 0.15) is 23.0 Å².